The Morgan fingerprint density at radius 2 is 0.821 bits per heavy atom. The van der Waals surface area contributed by atoms with Crippen molar-refractivity contribution in [3.05, 3.63) is 0 Å². The van der Waals surface area contributed by atoms with Crippen molar-refractivity contribution >= 4 is 84.3 Å². The molecule has 0 bridgehead atoms. The number of rotatable bonds is 27. The summed E-state index contributed by atoms with van der Waals surface area (Å²) in [6, 6.07) is -5.72. The number of carboxylic acids is 2. The topological polar surface area (TPSA) is 741 Å². The number of carboxylic acid groups (broad SMARTS) is 2. The maximum Gasteiger partial charge on any atom is 0.397 e. The van der Waals surface area contributed by atoms with E-state index in [-0.39, 0.29) is 0 Å². The molecule has 0 unspecified atom stereocenters. The van der Waals surface area contributed by atoms with E-state index in [0.717, 1.165) is 4.72 Å². The predicted octanol–water partition coefficient (Wildman–Crippen LogP) is -13.1. The maximum absolute atomic E-state index is 12.8. The number of aliphatic hydroxyl groups is 7. The van der Waals surface area contributed by atoms with Gasteiger partial charge in [0.25, 0.3) is 10.1 Å². The minimum Gasteiger partial charge on any atom is -0.479 e. The van der Waals surface area contributed by atoms with Gasteiger partial charge >= 0.3 is 74.1 Å². The highest BCUT2D eigenvalue weighted by molar-refractivity contribution is 7.85. The number of hydrogen-bond donors (Lipinski definition) is 18. The highest BCUT2D eigenvalue weighted by Crippen LogP contribution is 2.38. The second kappa shape index (κ2) is 27.3. The molecule has 24 atom stereocenters. The number of nitrogens with one attached hydrogen (secondary N) is 2. The summed E-state index contributed by atoms with van der Waals surface area (Å²) in [5.41, 5.74) is 0. The van der Waals surface area contributed by atoms with Gasteiger partial charge in [-0.05, 0) is 0 Å². The van der Waals surface area contributed by atoms with Crippen molar-refractivity contribution in [2.24, 2.45) is 0 Å². The Labute approximate surface area is 470 Å². The van der Waals surface area contributed by atoms with Crippen LogP contribution < -0.4 is 9.44 Å². The van der Waals surface area contributed by atoms with E-state index in [1.54, 1.807) is 0 Å². The molecule has 5 rings (SSSR count). The molecule has 84 heavy (non-hydrogen) atoms. The lowest BCUT2D eigenvalue weighted by Crippen LogP contribution is -2.71. The van der Waals surface area contributed by atoms with Gasteiger partial charge in [-0.2, -0.15) is 68.4 Å². The number of ether oxygens (including phenoxy) is 9. The van der Waals surface area contributed by atoms with Gasteiger partial charge in [0, 0.05) is 0 Å². The smallest absolute Gasteiger partial charge is 0.397 e. The summed E-state index contributed by atoms with van der Waals surface area (Å²) < 4.78 is 302. The monoisotopic (exact) mass is 1380 g/mol. The van der Waals surface area contributed by atoms with Gasteiger partial charge in [-0.3, -0.25) is 31.9 Å². The molecule has 0 radical (unpaired) electrons. The lowest BCUT2D eigenvalue weighted by atomic mass is 9.94. The Kier molecular flexibility index (Phi) is 23.4. The van der Waals surface area contributed by atoms with Crippen LogP contribution in [0.4, 0.5) is 0 Å². The van der Waals surface area contributed by atoms with Crippen LogP contribution in [0.15, 0.2) is 0 Å². The molecule has 5 saturated heterocycles. The highest BCUT2D eigenvalue weighted by Gasteiger charge is 2.61. The van der Waals surface area contributed by atoms with Crippen LogP contribution in [0.2, 0.25) is 0 Å². The maximum atomic E-state index is 12.8. The molecule has 492 valence electrons. The first-order valence-corrected chi connectivity index (χ1v) is 32.1. The van der Waals surface area contributed by atoms with E-state index in [1.807, 2.05) is 0 Å². The first kappa shape index (κ1) is 72.2. The van der Waals surface area contributed by atoms with Crippen LogP contribution in [0, 0.1) is 0 Å². The zero-order valence-corrected chi connectivity index (χ0v) is 46.3. The Balaban J connectivity index is 1.58. The van der Waals surface area contributed by atoms with Gasteiger partial charge in [0.1, 0.15) is 109 Å². The summed E-state index contributed by atoms with van der Waals surface area (Å²) >= 11 is 0. The number of carbonyl (C=O) groups is 2. The van der Waals surface area contributed by atoms with E-state index in [9.17, 15) is 142 Å². The summed E-state index contributed by atoms with van der Waals surface area (Å²) in [7, 11) is -40.3. The Morgan fingerprint density at radius 3 is 1.29 bits per heavy atom. The van der Waals surface area contributed by atoms with Crippen molar-refractivity contribution < 1.29 is 206 Å². The Bertz CT molecular complexity index is 3130. The first-order chi connectivity index (χ1) is 38.1. The van der Waals surface area contributed by atoms with Crippen LogP contribution in [0.25, 0.3) is 0 Å². The van der Waals surface area contributed by atoms with Gasteiger partial charge in [-0.15, -0.1) is 0 Å². The van der Waals surface area contributed by atoms with E-state index in [0.29, 0.717) is 0 Å². The molecular weight excluding hydrogens is 1330 g/mol. The van der Waals surface area contributed by atoms with Crippen molar-refractivity contribution in [3.63, 3.8) is 0 Å². The van der Waals surface area contributed by atoms with E-state index in [1.165, 1.54) is 4.72 Å². The summed E-state index contributed by atoms with van der Waals surface area (Å²) in [6.45, 7) is -4.57. The predicted molar refractivity (Wildman–Crippen MR) is 242 cm³/mol. The summed E-state index contributed by atoms with van der Waals surface area (Å²) in [4.78, 5) is 25.6. The molecule has 0 aromatic heterocycles. The molecule has 0 amide bonds. The molecule has 0 spiro atoms. The van der Waals surface area contributed by atoms with Crippen LogP contribution in [0.1, 0.15) is 0 Å². The van der Waals surface area contributed by atoms with Gasteiger partial charge in [-0.25, -0.2) is 26.3 Å². The average molecular weight is 1380 g/mol. The van der Waals surface area contributed by atoms with Crippen molar-refractivity contribution in [2.75, 3.05) is 25.6 Å². The van der Waals surface area contributed by atoms with Gasteiger partial charge in [0.05, 0.1) is 19.8 Å². The SMILES string of the molecule is O=C(O)[C@H]1O[C@@H](O[C@H]2[C@H](OS(=O)(=O)O)[C@@H](NS(=O)(=O)O)[C@H](O[C@H]3[C@H](O)[C@@H](OS(=O)(=O)O)[C@H](O[C@@H]4[C@H](O)[C@@H](CO)O[C@@H]4CS(=O)(=O)O)O[C@H]3C(=O)O)O[C@@H]2COS(=O)(=O)O)[C@H](O)[C@@H](O)[C@@H]1O[C@H]1O[C@H](COS(=O)(=O)O)[C@@H](O)[C@H](O)[C@H]1NS(=O)(=O)O. The Hall–Kier alpha value is -2.57. The summed E-state index contributed by atoms with van der Waals surface area (Å²) in [5.74, 6) is -6.30. The normalized spacial score (nSPS) is 39.6. The quantitative estimate of drug-likeness (QED) is 0.0340. The second-order valence-corrected chi connectivity index (χ2v) is 25.9. The highest BCUT2D eigenvalue weighted by atomic mass is 32.3. The second-order valence-electron chi connectivity index (χ2n) is 17.7. The average Bonchev–Trinajstić information content (AvgIpc) is 1.73. The molecule has 0 saturated carbocycles. The van der Waals surface area contributed by atoms with Crippen molar-refractivity contribution in [1.82, 2.24) is 9.44 Å². The van der Waals surface area contributed by atoms with E-state index in [4.69, 9.17) is 47.2 Å². The van der Waals surface area contributed by atoms with Crippen LogP contribution in [0.5, 0.6) is 0 Å². The molecule has 0 aromatic rings. The molecule has 18 N–H and O–H groups in total. The van der Waals surface area contributed by atoms with Crippen LogP contribution in [0.3, 0.4) is 0 Å². The third-order valence-electron chi connectivity index (χ3n) is 11.9. The zero-order chi connectivity index (χ0) is 63.9. The lowest BCUT2D eigenvalue weighted by molar-refractivity contribution is -0.369. The number of aliphatic carboxylic acids is 2. The van der Waals surface area contributed by atoms with Gasteiger partial charge < -0.3 is 88.6 Å². The van der Waals surface area contributed by atoms with Crippen molar-refractivity contribution in [1.29, 1.82) is 0 Å². The fourth-order valence-corrected chi connectivity index (χ4v) is 12.1. The summed E-state index contributed by atoms with van der Waals surface area (Å²) in [6.07, 6.45) is -60.8. The fourth-order valence-electron chi connectivity index (χ4n) is 8.58. The molecule has 5 aliphatic heterocycles. The van der Waals surface area contributed by atoms with Crippen molar-refractivity contribution in [3.8, 4) is 0 Å². The zero-order valence-electron chi connectivity index (χ0n) is 40.5. The van der Waals surface area contributed by atoms with Crippen LogP contribution in [-0.4, -0.2) is 321 Å². The van der Waals surface area contributed by atoms with E-state index in [2.05, 4.69) is 16.7 Å². The van der Waals surface area contributed by atoms with E-state index >= 15 is 0 Å². The van der Waals surface area contributed by atoms with E-state index < -0.39 is 257 Å². The molecule has 47 nitrogen and oxygen atoms in total. The summed E-state index contributed by atoms with van der Waals surface area (Å²) in [5, 5.41) is 96.4. The molecule has 54 heteroatoms. The van der Waals surface area contributed by atoms with Gasteiger partial charge in [0.15, 0.2) is 43.5 Å². The first-order valence-electron chi connectivity index (χ1n) is 22.1. The Morgan fingerprint density at radius 1 is 0.393 bits per heavy atom. The standard InChI is InChI=1S/C30H50N2O45S7/c33-1-5-12(35)17(8(67-5)4-78(44,45)46)70-30-22(77-84(62,63)64)16(39)21(24(75-30)26(42)43)73-28-10(32-80(50,51)52)19(76-83(59,60)61)18(7(69-28)3-66-82(56,57)58)71-29-15(38)14(37)20(23(74-29)25(40)41)72-27-9(31-79(47,48)49)13(36)11(34)6(68-27)2-65-81(53,54)55/h5-24,27-39H,1-4H2,(H,40,41)(H,42,43)(H,44,45,46)(H,47,48,49)(H,50,51,52)(H,53,54,55)(H,56,57,58)(H,59,60,61)(H,62,63,64)/t5-,6-,7-,8-,9-,10-,11-,12-,13-,14-,15-,16+,17+,18-,19-,20+,21+,22-,23+,24-,27-,28+,29-,30-/m1/s1. The van der Waals surface area contributed by atoms with Gasteiger partial charge in [-0.1, -0.05) is 0 Å². The molecule has 5 aliphatic rings. The largest absolute Gasteiger partial charge is 0.479 e. The molecule has 0 aromatic carbocycles. The third kappa shape index (κ3) is 20.0. The molecule has 0 aliphatic carbocycles. The third-order valence-corrected chi connectivity index (χ3v) is 15.5. The number of aliphatic hydroxyl groups excluding tert-OH is 7. The lowest BCUT2D eigenvalue weighted by Gasteiger charge is -2.50. The molecule has 5 fully saturated rings. The molecule has 5 heterocycles. The van der Waals surface area contributed by atoms with Crippen molar-refractivity contribution in [2.45, 2.75) is 147 Å². The number of hydrogen-bond acceptors (Lipinski definition) is 36. The van der Waals surface area contributed by atoms with Crippen LogP contribution in [-0.2, 0) is 141 Å². The molecular formula is C30H50N2O45S7. The van der Waals surface area contributed by atoms with Crippen LogP contribution >= 0.6 is 0 Å². The minimum absolute atomic E-state index is 1.13. The minimum atomic E-state index is -6.29. The van der Waals surface area contributed by atoms with Gasteiger partial charge in [0.2, 0.25) is 0 Å². The fraction of sp³-hybridized carbons (Fsp3) is 0.933.